The van der Waals surface area contributed by atoms with Gasteiger partial charge in [-0.15, -0.1) is 0 Å². The van der Waals surface area contributed by atoms with E-state index in [2.05, 4.69) is 5.32 Å². The van der Waals surface area contributed by atoms with Gasteiger partial charge in [0.2, 0.25) is 11.8 Å². The average Bonchev–Trinajstić information content (AvgIpc) is 2.69. The van der Waals surface area contributed by atoms with Crippen LogP contribution in [0.5, 0.6) is 0 Å². The van der Waals surface area contributed by atoms with Gasteiger partial charge >= 0.3 is 6.18 Å². The summed E-state index contributed by atoms with van der Waals surface area (Å²) in [4.78, 5) is 26.4. The number of unbranched alkanes of at least 4 members (excludes halogenated alkanes) is 1. The lowest BCUT2D eigenvalue weighted by molar-refractivity contribution is -0.137. The Labute approximate surface area is 168 Å². The lowest BCUT2D eigenvalue weighted by atomic mass is 10.1. The van der Waals surface area contributed by atoms with E-state index in [1.807, 2.05) is 37.3 Å². The molecule has 0 saturated heterocycles. The minimum Gasteiger partial charge on any atom is -0.338 e. The highest BCUT2D eigenvalue weighted by atomic mass is 19.4. The summed E-state index contributed by atoms with van der Waals surface area (Å²) in [5, 5.41) is 2.58. The second-order valence-electron chi connectivity index (χ2n) is 6.78. The number of halogens is 3. The average molecular weight is 406 g/mol. The van der Waals surface area contributed by atoms with Crippen LogP contribution in [0.25, 0.3) is 0 Å². The van der Waals surface area contributed by atoms with Crippen molar-refractivity contribution in [1.29, 1.82) is 0 Å². The molecule has 0 bridgehead atoms. The highest BCUT2D eigenvalue weighted by molar-refractivity contribution is 5.91. The van der Waals surface area contributed by atoms with E-state index in [0.717, 1.165) is 30.5 Å². The van der Waals surface area contributed by atoms with Crippen molar-refractivity contribution < 1.29 is 22.8 Å². The quantitative estimate of drug-likeness (QED) is 0.618. The van der Waals surface area contributed by atoms with E-state index in [0.29, 0.717) is 13.0 Å². The molecule has 2 aromatic rings. The first-order valence-corrected chi connectivity index (χ1v) is 9.58. The summed E-state index contributed by atoms with van der Waals surface area (Å²) in [7, 11) is 0. The predicted octanol–water partition coefficient (Wildman–Crippen LogP) is 5.25. The molecule has 0 aromatic heterocycles. The highest BCUT2D eigenvalue weighted by Gasteiger charge is 2.30. The zero-order chi connectivity index (χ0) is 21.3. The van der Waals surface area contributed by atoms with Crippen LogP contribution in [0.15, 0.2) is 54.6 Å². The molecule has 29 heavy (non-hydrogen) atoms. The molecule has 156 valence electrons. The van der Waals surface area contributed by atoms with Gasteiger partial charge in [-0.25, -0.2) is 0 Å². The van der Waals surface area contributed by atoms with Crippen LogP contribution in [0.2, 0.25) is 0 Å². The van der Waals surface area contributed by atoms with Gasteiger partial charge in [0.15, 0.2) is 0 Å². The Balaban J connectivity index is 1.94. The van der Waals surface area contributed by atoms with Gasteiger partial charge in [0.05, 0.1) is 5.56 Å². The lowest BCUT2D eigenvalue weighted by Gasteiger charge is -2.23. The van der Waals surface area contributed by atoms with Crippen molar-refractivity contribution >= 4 is 17.5 Å². The minimum absolute atomic E-state index is 0.0157. The van der Waals surface area contributed by atoms with Gasteiger partial charge in [-0.3, -0.25) is 9.59 Å². The number of anilines is 1. The molecule has 0 heterocycles. The summed E-state index contributed by atoms with van der Waals surface area (Å²) in [6.07, 6.45) is -2.25. The van der Waals surface area contributed by atoms with Crippen molar-refractivity contribution in [2.75, 3.05) is 11.9 Å². The maximum Gasteiger partial charge on any atom is 0.416 e. The van der Waals surface area contributed by atoms with Gasteiger partial charge < -0.3 is 10.2 Å². The summed E-state index contributed by atoms with van der Waals surface area (Å²) in [5.74, 6) is -0.371. The van der Waals surface area contributed by atoms with Crippen LogP contribution in [0.1, 0.15) is 43.7 Å². The van der Waals surface area contributed by atoms with E-state index in [-0.39, 0.29) is 30.5 Å². The molecule has 0 unspecified atom stereocenters. The number of carbonyl (C=O) groups excluding carboxylic acids is 2. The fourth-order valence-electron chi connectivity index (χ4n) is 2.78. The number of carbonyl (C=O) groups is 2. The van der Waals surface area contributed by atoms with Gasteiger partial charge in [-0.2, -0.15) is 13.2 Å². The van der Waals surface area contributed by atoms with Crippen LogP contribution < -0.4 is 5.32 Å². The summed E-state index contributed by atoms with van der Waals surface area (Å²) < 4.78 is 37.8. The molecule has 0 aliphatic heterocycles. The number of alkyl halides is 3. The Bertz CT molecular complexity index is 790. The van der Waals surface area contributed by atoms with Crippen LogP contribution in [0.3, 0.4) is 0 Å². The standard InChI is InChI=1S/C22H25F3N2O2/c1-2-3-9-21(29)27(16-17-7-5-4-6-8-17)15-14-20(28)26-19-12-10-18(11-13-19)22(23,24)25/h4-8,10-13H,2-3,9,14-16H2,1H3,(H,26,28). The first-order valence-electron chi connectivity index (χ1n) is 9.58. The number of hydrogen-bond acceptors (Lipinski definition) is 2. The van der Waals surface area contributed by atoms with Crippen LogP contribution in [-0.4, -0.2) is 23.3 Å². The normalized spacial score (nSPS) is 11.2. The summed E-state index contributed by atoms with van der Waals surface area (Å²) >= 11 is 0. The predicted molar refractivity (Wildman–Crippen MR) is 106 cm³/mol. The smallest absolute Gasteiger partial charge is 0.338 e. The first kappa shape index (κ1) is 22.5. The molecule has 0 atom stereocenters. The topological polar surface area (TPSA) is 49.4 Å². The highest BCUT2D eigenvalue weighted by Crippen LogP contribution is 2.29. The van der Waals surface area contributed by atoms with Crippen molar-refractivity contribution in [1.82, 2.24) is 4.90 Å². The minimum atomic E-state index is -4.42. The molecule has 0 fully saturated rings. The van der Waals surface area contributed by atoms with Crippen molar-refractivity contribution in [2.45, 2.75) is 45.3 Å². The van der Waals surface area contributed by atoms with Crippen LogP contribution >= 0.6 is 0 Å². The molecule has 0 saturated carbocycles. The Morgan fingerprint density at radius 3 is 2.21 bits per heavy atom. The monoisotopic (exact) mass is 406 g/mol. The van der Waals surface area contributed by atoms with Gasteiger partial charge in [0, 0.05) is 31.6 Å². The van der Waals surface area contributed by atoms with E-state index >= 15 is 0 Å². The third kappa shape index (κ3) is 7.60. The van der Waals surface area contributed by atoms with E-state index in [9.17, 15) is 22.8 Å². The molecule has 0 radical (unpaired) electrons. The number of rotatable bonds is 9. The number of nitrogens with one attached hydrogen (secondary N) is 1. The van der Waals surface area contributed by atoms with Crippen molar-refractivity contribution in [3.05, 3.63) is 65.7 Å². The maximum atomic E-state index is 12.6. The Kier molecular flexibility index (Phi) is 8.24. The molecule has 4 nitrogen and oxygen atoms in total. The zero-order valence-electron chi connectivity index (χ0n) is 16.3. The van der Waals surface area contributed by atoms with Gasteiger partial charge in [-0.1, -0.05) is 43.7 Å². The van der Waals surface area contributed by atoms with Crippen LogP contribution in [0, 0.1) is 0 Å². The first-order chi connectivity index (χ1) is 13.8. The second kappa shape index (κ2) is 10.6. The van der Waals surface area contributed by atoms with Crippen molar-refractivity contribution in [3.8, 4) is 0 Å². The molecular weight excluding hydrogens is 381 g/mol. The SMILES string of the molecule is CCCCC(=O)N(CCC(=O)Nc1ccc(C(F)(F)F)cc1)Cc1ccccc1. The van der Waals surface area contributed by atoms with Crippen LogP contribution in [-0.2, 0) is 22.3 Å². The fraction of sp³-hybridized carbons (Fsp3) is 0.364. The number of nitrogens with zero attached hydrogens (tertiary/aromatic N) is 1. The molecule has 0 spiro atoms. The fourth-order valence-corrected chi connectivity index (χ4v) is 2.78. The molecule has 0 aliphatic rings. The Morgan fingerprint density at radius 2 is 1.62 bits per heavy atom. The molecule has 7 heteroatoms. The molecule has 2 amide bonds. The largest absolute Gasteiger partial charge is 0.416 e. The summed E-state index contributed by atoms with van der Waals surface area (Å²) in [5.41, 5.74) is 0.487. The van der Waals surface area contributed by atoms with E-state index < -0.39 is 11.7 Å². The number of amides is 2. The van der Waals surface area contributed by atoms with Gasteiger partial charge in [0.25, 0.3) is 0 Å². The number of benzene rings is 2. The molecule has 1 N–H and O–H groups in total. The summed E-state index contributed by atoms with van der Waals surface area (Å²) in [6.45, 7) is 2.66. The Morgan fingerprint density at radius 1 is 0.966 bits per heavy atom. The Hall–Kier alpha value is -2.83. The molecular formula is C22H25F3N2O2. The van der Waals surface area contributed by atoms with Crippen molar-refractivity contribution in [3.63, 3.8) is 0 Å². The third-order valence-electron chi connectivity index (χ3n) is 4.42. The van der Waals surface area contributed by atoms with E-state index in [1.165, 1.54) is 12.1 Å². The zero-order valence-corrected chi connectivity index (χ0v) is 16.3. The molecule has 2 rings (SSSR count). The lowest BCUT2D eigenvalue weighted by Crippen LogP contribution is -2.33. The molecule has 2 aromatic carbocycles. The summed E-state index contributed by atoms with van der Waals surface area (Å²) in [6, 6.07) is 13.8. The van der Waals surface area contributed by atoms with Gasteiger partial charge in [0.1, 0.15) is 0 Å². The van der Waals surface area contributed by atoms with Gasteiger partial charge in [-0.05, 0) is 36.2 Å². The number of hydrogen-bond donors (Lipinski definition) is 1. The van der Waals surface area contributed by atoms with E-state index in [1.54, 1.807) is 4.90 Å². The second-order valence-corrected chi connectivity index (χ2v) is 6.78. The third-order valence-corrected chi connectivity index (χ3v) is 4.42. The van der Waals surface area contributed by atoms with Crippen molar-refractivity contribution in [2.24, 2.45) is 0 Å². The van der Waals surface area contributed by atoms with E-state index in [4.69, 9.17) is 0 Å². The molecule has 0 aliphatic carbocycles. The van der Waals surface area contributed by atoms with Crippen LogP contribution in [0.4, 0.5) is 18.9 Å². The maximum absolute atomic E-state index is 12.6.